The van der Waals surface area contributed by atoms with Gasteiger partial charge in [-0.1, -0.05) is 50.2 Å². The molecule has 200 valence electrons. The summed E-state index contributed by atoms with van der Waals surface area (Å²) >= 11 is 7.16. The van der Waals surface area contributed by atoms with E-state index in [1.807, 2.05) is 45.0 Å². The molecule has 1 unspecified atom stereocenters. The van der Waals surface area contributed by atoms with E-state index in [9.17, 15) is 4.55 Å². The molecule has 3 rings (SSSR count). The zero-order valence-corrected chi connectivity index (χ0v) is 26.3. The van der Waals surface area contributed by atoms with Gasteiger partial charge in [0.25, 0.3) is 0 Å². The van der Waals surface area contributed by atoms with Crippen molar-refractivity contribution in [2.24, 2.45) is 0 Å². The lowest BCUT2D eigenvalue weighted by Gasteiger charge is -2.36. The van der Waals surface area contributed by atoms with E-state index < -0.39 is 24.4 Å². The number of nitrogens with zero attached hydrogens (tertiary/aromatic N) is 3. The van der Waals surface area contributed by atoms with E-state index in [1.54, 1.807) is 12.4 Å². The van der Waals surface area contributed by atoms with E-state index in [0.29, 0.717) is 18.2 Å². The first-order valence-electron chi connectivity index (χ1n) is 12.2. The highest BCUT2D eigenvalue weighted by Crippen LogP contribution is 2.41. The molecule has 2 aromatic heterocycles. The summed E-state index contributed by atoms with van der Waals surface area (Å²) in [6.07, 6.45) is 5.00. The predicted molar refractivity (Wildman–Crippen MR) is 158 cm³/mol. The molecule has 10 heteroatoms. The van der Waals surface area contributed by atoms with Gasteiger partial charge in [-0.25, -0.2) is 15.0 Å². The highest BCUT2D eigenvalue weighted by atomic mass is 35.5. The number of nitrogens with one attached hydrogen (secondary N) is 1. The Kier molecular flexibility index (Phi) is 9.88. The van der Waals surface area contributed by atoms with Crippen LogP contribution in [0.1, 0.15) is 52.7 Å². The van der Waals surface area contributed by atoms with Gasteiger partial charge in [0.1, 0.15) is 16.1 Å². The van der Waals surface area contributed by atoms with E-state index >= 15 is 0 Å². The molecule has 1 atom stereocenters. The third kappa shape index (κ3) is 8.02. The summed E-state index contributed by atoms with van der Waals surface area (Å²) in [4.78, 5) is 13.9. The van der Waals surface area contributed by atoms with Crippen LogP contribution in [0, 0.1) is 0 Å². The van der Waals surface area contributed by atoms with Crippen LogP contribution in [0.25, 0.3) is 11.3 Å². The third-order valence-electron chi connectivity index (χ3n) is 6.39. The molecular weight excluding hydrogens is 540 g/mol. The third-order valence-corrected chi connectivity index (χ3v) is 14.0. The van der Waals surface area contributed by atoms with Crippen molar-refractivity contribution >= 4 is 43.0 Å². The molecule has 0 radical (unpaired) electrons. The number of aromatic nitrogens is 3. The molecule has 2 heterocycles. The van der Waals surface area contributed by atoms with Crippen LogP contribution in [-0.2, 0) is 28.9 Å². The maximum atomic E-state index is 12.8. The summed E-state index contributed by atoms with van der Waals surface area (Å²) in [5.41, 5.74) is 3.58. The quantitative estimate of drug-likeness (QED) is 0.209. The second-order valence-electron chi connectivity index (χ2n) is 11.4. The van der Waals surface area contributed by atoms with Gasteiger partial charge in [-0.3, -0.25) is 0 Å². The summed E-state index contributed by atoms with van der Waals surface area (Å²) in [6, 6.07) is 9.78. The summed E-state index contributed by atoms with van der Waals surface area (Å²) in [7, 11) is -1.93. The SMILES string of the molecule is CC(C)(C)[S+]([O-])NCc1cc(-c2ccncn2)cc(Cl)c1Sc1ncccc1CO[Si](C)(C)C(C)(C)C. The monoisotopic (exact) mass is 576 g/mol. The van der Waals surface area contributed by atoms with Crippen LogP contribution in [0.4, 0.5) is 0 Å². The molecule has 3 aromatic rings. The van der Waals surface area contributed by atoms with E-state index in [2.05, 4.69) is 59.6 Å². The van der Waals surface area contributed by atoms with Gasteiger partial charge in [-0.2, -0.15) is 0 Å². The molecular formula is C27H37ClN4O2S2Si. The highest BCUT2D eigenvalue weighted by Gasteiger charge is 2.37. The molecule has 0 aliphatic carbocycles. The van der Waals surface area contributed by atoms with E-state index in [1.165, 1.54) is 18.1 Å². The molecule has 0 aliphatic heterocycles. The van der Waals surface area contributed by atoms with Gasteiger partial charge in [0.15, 0.2) is 8.32 Å². The zero-order valence-electron chi connectivity index (χ0n) is 22.9. The summed E-state index contributed by atoms with van der Waals surface area (Å²) < 4.78 is 22.1. The fourth-order valence-corrected chi connectivity index (χ4v) is 6.07. The molecule has 6 nitrogen and oxygen atoms in total. The smallest absolute Gasteiger partial charge is 0.192 e. The van der Waals surface area contributed by atoms with Crippen LogP contribution in [0.5, 0.6) is 0 Å². The molecule has 1 aromatic carbocycles. The van der Waals surface area contributed by atoms with E-state index in [4.69, 9.17) is 16.0 Å². The van der Waals surface area contributed by atoms with Gasteiger partial charge < -0.3 is 8.98 Å². The van der Waals surface area contributed by atoms with Crippen molar-refractivity contribution in [3.05, 3.63) is 65.2 Å². The van der Waals surface area contributed by atoms with Crippen LogP contribution < -0.4 is 4.72 Å². The standard InChI is InChI=1S/C27H37ClN4O2S2Si/c1-26(2,3)36(33)32-16-21-14-20(23-11-13-29-18-31-23)15-22(28)24(21)35-25-19(10-9-12-30-25)17-34-37(7,8)27(4,5)6/h9-15,18,32H,16-17H2,1-8H3. The lowest BCUT2D eigenvalue weighted by atomic mass is 10.1. The first kappa shape index (κ1) is 30.1. The van der Waals surface area contributed by atoms with Crippen molar-refractivity contribution < 1.29 is 8.98 Å². The van der Waals surface area contributed by atoms with Crippen LogP contribution in [-0.4, -0.2) is 32.6 Å². The number of pyridine rings is 1. The lowest BCUT2D eigenvalue weighted by molar-refractivity contribution is 0.273. The minimum absolute atomic E-state index is 0.115. The van der Waals surface area contributed by atoms with Gasteiger partial charge in [0.05, 0.1) is 23.9 Å². The zero-order chi connectivity index (χ0) is 27.4. The lowest BCUT2D eigenvalue weighted by Crippen LogP contribution is -2.40. The first-order valence-corrected chi connectivity index (χ1v) is 17.4. The van der Waals surface area contributed by atoms with Crippen molar-refractivity contribution in [2.75, 3.05) is 0 Å². The van der Waals surface area contributed by atoms with Gasteiger partial charge in [-0.15, -0.1) is 4.72 Å². The number of hydrogen-bond donors (Lipinski definition) is 1. The largest absolute Gasteiger partial charge is 0.598 e. The van der Waals surface area contributed by atoms with Crippen molar-refractivity contribution in [3.8, 4) is 11.3 Å². The predicted octanol–water partition coefficient (Wildman–Crippen LogP) is 7.42. The van der Waals surface area contributed by atoms with Gasteiger partial charge >= 0.3 is 0 Å². The molecule has 0 bridgehead atoms. The molecule has 1 N–H and O–H groups in total. The summed E-state index contributed by atoms with van der Waals surface area (Å²) in [5, 5.41) is 1.54. The normalized spacial score (nSPS) is 13.6. The van der Waals surface area contributed by atoms with Crippen LogP contribution in [0.3, 0.4) is 0 Å². The summed E-state index contributed by atoms with van der Waals surface area (Å²) in [6.45, 7) is 17.9. The van der Waals surface area contributed by atoms with E-state index in [0.717, 1.165) is 32.3 Å². The number of halogens is 1. The number of benzene rings is 1. The Bertz CT molecular complexity index is 1200. The van der Waals surface area contributed by atoms with Crippen LogP contribution in [0.2, 0.25) is 23.2 Å². The molecule has 0 saturated heterocycles. The maximum absolute atomic E-state index is 12.8. The highest BCUT2D eigenvalue weighted by molar-refractivity contribution is 7.99. The Labute approximate surface area is 234 Å². The molecule has 37 heavy (non-hydrogen) atoms. The molecule has 0 amide bonds. The Morgan fingerprint density at radius 3 is 2.41 bits per heavy atom. The van der Waals surface area contributed by atoms with E-state index in [-0.39, 0.29) is 5.04 Å². The van der Waals surface area contributed by atoms with Crippen molar-refractivity contribution in [3.63, 3.8) is 0 Å². The van der Waals surface area contributed by atoms with Crippen LogP contribution in [0.15, 0.2) is 59.0 Å². The number of hydrogen-bond acceptors (Lipinski definition) is 7. The fraction of sp³-hybridized carbons (Fsp3) is 0.444. The maximum Gasteiger partial charge on any atom is 0.192 e. The Balaban J connectivity index is 1.96. The minimum Gasteiger partial charge on any atom is -0.598 e. The average Bonchev–Trinajstić information content (AvgIpc) is 2.82. The Morgan fingerprint density at radius 2 is 1.78 bits per heavy atom. The van der Waals surface area contributed by atoms with Crippen LogP contribution >= 0.6 is 23.4 Å². The number of rotatable bonds is 9. The van der Waals surface area contributed by atoms with Gasteiger partial charge in [0, 0.05) is 39.8 Å². The first-order chi connectivity index (χ1) is 17.2. The summed E-state index contributed by atoms with van der Waals surface area (Å²) in [5.74, 6) is 0. The second-order valence-corrected chi connectivity index (χ2v) is 19.6. The fourth-order valence-electron chi connectivity index (χ4n) is 3.06. The average molecular weight is 577 g/mol. The van der Waals surface area contributed by atoms with Gasteiger partial charge in [0.2, 0.25) is 0 Å². The van der Waals surface area contributed by atoms with Crippen molar-refractivity contribution in [1.82, 2.24) is 19.7 Å². The molecule has 0 saturated carbocycles. The van der Waals surface area contributed by atoms with Gasteiger partial charge in [-0.05, 0) is 68.7 Å². The second kappa shape index (κ2) is 12.2. The van der Waals surface area contributed by atoms with Crippen molar-refractivity contribution in [2.45, 2.75) is 87.5 Å². The van der Waals surface area contributed by atoms with Crippen molar-refractivity contribution in [1.29, 1.82) is 0 Å². The minimum atomic E-state index is -1.93. The topological polar surface area (TPSA) is 83.0 Å². The molecule has 0 fully saturated rings. The molecule has 0 aliphatic rings. The molecule has 0 spiro atoms. The Morgan fingerprint density at radius 1 is 1.05 bits per heavy atom. The Hall–Kier alpha value is -1.46.